The minimum Gasteiger partial charge on any atom is -0.807 e. The average molecular weight is 279 g/mol. The Morgan fingerprint density at radius 3 is 2.20 bits per heavy atom. The summed E-state index contributed by atoms with van der Waals surface area (Å²) in [5.74, 6) is 0. The molecule has 1 rings (SSSR count). The standard InChI is InChI=1S/C7H8NO5P.Cu/c1-5-2-6(8(9)10)4-7(3-5)14(11,12)13;/h2-4H,1H3,(H2,11,12,13);/q;+2/p-2. The van der Waals surface area contributed by atoms with Crippen LogP contribution in [0.25, 0.3) is 0 Å². The van der Waals surface area contributed by atoms with E-state index in [4.69, 9.17) is 0 Å². The van der Waals surface area contributed by atoms with Gasteiger partial charge < -0.3 is 14.4 Å². The zero-order chi connectivity index (χ0) is 10.9. The summed E-state index contributed by atoms with van der Waals surface area (Å²) in [5.41, 5.74) is -0.0342. The number of nitro benzene ring substituents is 1. The van der Waals surface area contributed by atoms with Crippen molar-refractivity contribution in [3.8, 4) is 0 Å². The Kier molecular flexibility index (Phi) is 4.64. The SMILES string of the molecule is Cc1cc([N+](=O)[O-])cc(P(=O)([O-])[O-])c1.[Cu+2]. The molecule has 0 spiro atoms. The second-order valence-electron chi connectivity index (χ2n) is 2.78. The summed E-state index contributed by atoms with van der Waals surface area (Å²) in [7, 11) is -4.92. The van der Waals surface area contributed by atoms with E-state index in [0.29, 0.717) is 5.56 Å². The molecule has 0 fully saturated rings. The minimum absolute atomic E-state index is 0. The summed E-state index contributed by atoms with van der Waals surface area (Å²) in [4.78, 5) is 30.8. The van der Waals surface area contributed by atoms with Crippen molar-refractivity contribution in [1.29, 1.82) is 0 Å². The molecule has 0 amide bonds. The van der Waals surface area contributed by atoms with Gasteiger partial charge in [-0.15, -0.1) is 0 Å². The predicted octanol–water partition coefficient (Wildman–Crippen LogP) is -0.560. The van der Waals surface area contributed by atoms with E-state index in [1.807, 2.05) is 0 Å². The molecule has 0 aliphatic carbocycles. The fourth-order valence-electron chi connectivity index (χ4n) is 1.01. The van der Waals surface area contributed by atoms with Crippen LogP contribution in [0.1, 0.15) is 5.56 Å². The van der Waals surface area contributed by atoms with Gasteiger partial charge in [-0.25, -0.2) is 0 Å². The third-order valence-corrected chi connectivity index (χ3v) is 2.46. The number of aryl methyl sites for hydroxylation is 1. The van der Waals surface area contributed by atoms with Crippen LogP contribution in [0.5, 0.6) is 0 Å². The molecule has 85 valence electrons. The van der Waals surface area contributed by atoms with Crippen molar-refractivity contribution in [3.05, 3.63) is 33.9 Å². The van der Waals surface area contributed by atoms with Crippen LogP contribution in [0.15, 0.2) is 18.2 Å². The fraction of sp³-hybridized carbons (Fsp3) is 0.143. The maximum atomic E-state index is 10.6. The molecule has 0 aliphatic heterocycles. The van der Waals surface area contributed by atoms with E-state index in [1.165, 1.54) is 13.0 Å². The smallest absolute Gasteiger partial charge is 0.807 e. The Labute approximate surface area is 96.1 Å². The van der Waals surface area contributed by atoms with E-state index < -0.39 is 23.5 Å². The first-order valence-corrected chi connectivity index (χ1v) is 5.13. The number of non-ortho nitro benzene ring substituents is 1. The van der Waals surface area contributed by atoms with Gasteiger partial charge in [0.05, 0.1) is 4.92 Å². The molecule has 0 aliphatic rings. The van der Waals surface area contributed by atoms with E-state index in [2.05, 4.69) is 0 Å². The molecule has 8 heteroatoms. The third-order valence-electron chi connectivity index (χ3n) is 1.57. The van der Waals surface area contributed by atoms with Gasteiger partial charge in [-0.1, -0.05) is 6.07 Å². The molecule has 0 unspecified atom stereocenters. The molecule has 0 aromatic heterocycles. The zero-order valence-corrected chi connectivity index (χ0v) is 9.31. The van der Waals surface area contributed by atoms with E-state index >= 15 is 0 Å². The maximum absolute atomic E-state index is 10.6. The van der Waals surface area contributed by atoms with Crippen LogP contribution in [0.3, 0.4) is 0 Å². The molecule has 0 saturated heterocycles. The molecule has 6 nitrogen and oxygen atoms in total. The predicted molar refractivity (Wildman–Crippen MR) is 45.1 cm³/mol. The summed E-state index contributed by atoms with van der Waals surface area (Å²) >= 11 is 0. The van der Waals surface area contributed by atoms with E-state index in [-0.39, 0.29) is 17.1 Å². The molecule has 0 bridgehead atoms. The maximum Gasteiger partial charge on any atom is 2.00 e. The second-order valence-corrected chi connectivity index (χ2v) is 4.29. The van der Waals surface area contributed by atoms with Gasteiger partial charge in [0, 0.05) is 12.1 Å². The van der Waals surface area contributed by atoms with Gasteiger partial charge in [0.2, 0.25) is 0 Å². The van der Waals surface area contributed by atoms with Crippen molar-refractivity contribution in [2.24, 2.45) is 0 Å². The molecule has 0 heterocycles. The molecule has 1 radical (unpaired) electrons. The van der Waals surface area contributed by atoms with Crippen molar-refractivity contribution >= 4 is 18.6 Å². The Morgan fingerprint density at radius 1 is 1.27 bits per heavy atom. The van der Waals surface area contributed by atoms with Crippen molar-refractivity contribution in [2.45, 2.75) is 6.92 Å². The fourth-order valence-corrected chi connectivity index (χ4v) is 1.66. The minimum atomic E-state index is -4.92. The number of benzene rings is 1. The molecule has 0 atom stereocenters. The van der Waals surface area contributed by atoms with Crippen LogP contribution in [0, 0.1) is 17.0 Å². The molecule has 1 aromatic rings. The van der Waals surface area contributed by atoms with Crippen LogP contribution in [-0.2, 0) is 21.6 Å². The van der Waals surface area contributed by atoms with E-state index in [1.54, 1.807) is 0 Å². The molecule has 0 saturated carbocycles. The van der Waals surface area contributed by atoms with Crippen LogP contribution in [0.2, 0.25) is 0 Å². The van der Waals surface area contributed by atoms with Crippen molar-refractivity contribution in [2.75, 3.05) is 0 Å². The van der Waals surface area contributed by atoms with Gasteiger partial charge in [-0.05, 0) is 25.4 Å². The first kappa shape index (κ1) is 14.3. The van der Waals surface area contributed by atoms with Crippen LogP contribution >= 0.6 is 7.60 Å². The molecule has 0 N–H and O–H groups in total. The third kappa shape index (κ3) is 3.74. The van der Waals surface area contributed by atoms with Gasteiger partial charge in [0.25, 0.3) is 5.69 Å². The van der Waals surface area contributed by atoms with Gasteiger partial charge >= 0.3 is 17.1 Å². The Bertz CT molecular complexity index is 429. The molecule has 15 heavy (non-hydrogen) atoms. The average Bonchev–Trinajstić information content (AvgIpc) is 2.01. The topological polar surface area (TPSA) is 106 Å². The van der Waals surface area contributed by atoms with Gasteiger partial charge in [0.1, 0.15) is 0 Å². The number of nitro groups is 1. The van der Waals surface area contributed by atoms with Gasteiger partial charge in [-0.2, -0.15) is 0 Å². The first-order valence-electron chi connectivity index (χ1n) is 3.59. The summed E-state index contributed by atoms with van der Waals surface area (Å²) < 4.78 is 10.6. The number of hydrogen-bond donors (Lipinski definition) is 0. The Morgan fingerprint density at radius 2 is 1.80 bits per heavy atom. The van der Waals surface area contributed by atoms with Crippen LogP contribution in [-0.4, -0.2) is 4.92 Å². The Balaban J connectivity index is 0.00000196. The number of nitrogens with zero attached hydrogens (tertiary/aromatic N) is 1. The zero-order valence-electron chi connectivity index (χ0n) is 7.47. The van der Waals surface area contributed by atoms with E-state index in [0.717, 1.165) is 12.1 Å². The first-order chi connectivity index (χ1) is 6.30. The summed E-state index contributed by atoms with van der Waals surface area (Å²) in [6.07, 6.45) is 0. The normalized spacial score (nSPS) is 10.6. The monoisotopic (exact) mass is 278 g/mol. The molecular weight excluding hydrogens is 273 g/mol. The Hall–Kier alpha value is -0.711. The van der Waals surface area contributed by atoms with Crippen molar-refractivity contribution in [3.63, 3.8) is 0 Å². The quantitative estimate of drug-likeness (QED) is 0.312. The second kappa shape index (κ2) is 4.88. The molecular formula is C7H6CuNO5P. The summed E-state index contributed by atoms with van der Waals surface area (Å²) in [6.45, 7) is 1.48. The summed E-state index contributed by atoms with van der Waals surface area (Å²) in [5, 5.41) is 9.79. The van der Waals surface area contributed by atoms with Crippen molar-refractivity contribution < 1.29 is 36.3 Å². The largest absolute Gasteiger partial charge is 2.00 e. The summed E-state index contributed by atoms with van der Waals surface area (Å²) in [6, 6.07) is 3.06. The van der Waals surface area contributed by atoms with Gasteiger partial charge in [-0.3, -0.25) is 10.1 Å². The molecule has 1 aromatic carbocycles. The van der Waals surface area contributed by atoms with Crippen molar-refractivity contribution in [1.82, 2.24) is 0 Å². The van der Waals surface area contributed by atoms with Gasteiger partial charge in [0.15, 0.2) is 0 Å². The number of rotatable bonds is 2. The van der Waals surface area contributed by atoms with E-state index in [9.17, 15) is 24.5 Å². The van der Waals surface area contributed by atoms with Crippen LogP contribution < -0.4 is 15.1 Å². The van der Waals surface area contributed by atoms with Crippen LogP contribution in [0.4, 0.5) is 5.69 Å². The number of hydrogen-bond acceptors (Lipinski definition) is 5.